The molecule has 2 fully saturated rings. The molecule has 43 heavy (non-hydrogen) atoms. The molecule has 1 saturated carbocycles. The molecule has 2 heterocycles. The number of amides is 1. The summed E-state index contributed by atoms with van der Waals surface area (Å²) in [7, 11) is -1.70. The average molecular weight is 649 g/mol. The van der Waals surface area contributed by atoms with Gasteiger partial charge in [0.25, 0.3) is 5.91 Å². The normalized spacial score (nSPS) is 19.3. The maximum atomic E-state index is 14.7. The summed E-state index contributed by atoms with van der Waals surface area (Å²) in [6, 6.07) is 7.24. The van der Waals surface area contributed by atoms with Crippen molar-refractivity contribution >= 4 is 50.5 Å². The predicted octanol–water partition coefficient (Wildman–Crippen LogP) is 4.46. The number of carbonyl (C=O) groups is 1. The molecular formula is C29H32Cl2FN7O3S. The molecule has 1 aliphatic heterocycles. The van der Waals surface area contributed by atoms with Gasteiger partial charge < -0.3 is 15.6 Å². The summed E-state index contributed by atoms with van der Waals surface area (Å²) in [6.07, 6.45) is 5.27. The lowest BCUT2D eigenvalue weighted by molar-refractivity contribution is 0.0728. The predicted molar refractivity (Wildman–Crippen MR) is 164 cm³/mol. The number of aromatic nitrogens is 3. The third-order valence-corrected chi connectivity index (χ3v) is 9.38. The molecule has 0 bridgehead atoms. The fourth-order valence-corrected chi connectivity index (χ4v) is 7.21. The van der Waals surface area contributed by atoms with Crippen LogP contribution in [0.15, 0.2) is 42.1 Å². The lowest BCUT2D eigenvalue weighted by atomic mass is 9.89. The van der Waals surface area contributed by atoms with Crippen molar-refractivity contribution < 1.29 is 17.6 Å². The van der Waals surface area contributed by atoms with Gasteiger partial charge in [0.2, 0.25) is 10.0 Å². The van der Waals surface area contributed by atoms with Crippen molar-refractivity contribution in [2.75, 3.05) is 19.8 Å². The Morgan fingerprint density at radius 1 is 1.21 bits per heavy atom. The topological polar surface area (TPSA) is 144 Å². The molecule has 0 spiro atoms. The molecule has 5 rings (SSSR count). The lowest BCUT2D eigenvalue weighted by Crippen LogP contribution is -2.48. The maximum absolute atomic E-state index is 14.7. The van der Waals surface area contributed by atoms with E-state index in [1.807, 2.05) is 6.07 Å². The van der Waals surface area contributed by atoms with Crippen LogP contribution in [0.3, 0.4) is 0 Å². The van der Waals surface area contributed by atoms with E-state index in [4.69, 9.17) is 28.6 Å². The van der Waals surface area contributed by atoms with E-state index in [-0.39, 0.29) is 22.8 Å². The molecule has 1 aliphatic carbocycles. The molecule has 3 aromatic rings. The van der Waals surface area contributed by atoms with Crippen molar-refractivity contribution in [2.45, 2.75) is 50.6 Å². The van der Waals surface area contributed by atoms with Crippen LogP contribution in [-0.2, 0) is 28.4 Å². The Hall–Kier alpha value is -3.32. The van der Waals surface area contributed by atoms with Crippen LogP contribution in [0.25, 0.3) is 5.70 Å². The molecule has 14 heteroatoms. The van der Waals surface area contributed by atoms with Crippen molar-refractivity contribution in [3.8, 4) is 0 Å². The third kappa shape index (κ3) is 6.62. The van der Waals surface area contributed by atoms with Crippen LogP contribution in [0, 0.1) is 11.2 Å². The van der Waals surface area contributed by atoms with Gasteiger partial charge in [-0.1, -0.05) is 28.4 Å². The summed E-state index contributed by atoms with van der Waals surface area (Å²) in [4.78, 5) is 15.2. The van der Waals surface area contributed by atoms with E-state index >= 15 is 0 Å². The van der Waals surface area contributed by atoms with Gasteiger partial charge in [0.15, 0.2) is 0 Å². The van der Waals surface area contributed by atoms with Crippen molar-refractivity contribution in [1.29, 1.82) is 5.41 Å². The average Bonchev–Trinajstić information content (AvgIpc) is 3.51. The minimum absolute atomic E-state index is 0.0466. The molecular weight excluding hydrogens is 616 g/mol. The number of H-pyrrole nitrogens is 1. The zero-order valence-electron chi connectivity index (χ0n) is 23.9. The fourth-order valence-electron chi connectivity index (χ4n) is 5.66. The number of carbonyl (C=O) groups excluding carboxylic acids is 1. The molecule has 228 valence electrons. The van der Waals surface area contributed by atoms with Crippen molar-refractivity contribution in [3.05, 3.63) is 85.9 Å². The number of hydrogen-bond donors (Lipinski definition) is 4. The second-order valence-electron chi connectivity index (χ2n) is 11.0. The highest BCUT2D eigenvalue weighted by Gasteiger charge is 2.47. The standard InChI is InChI=1S/C29H32Cl2FN7O3S/c1-16-26(33)23(27(34-2)18-10-19(13-20(30)11-18)29(7-8-29)37-43(3,41)42)6-9-39(16)28(40)24-14-21(32)12-17(25(24)31)4-5-22-15-35-38-36-22/h10-16,33-34,37H,4-9H2,1-3H3,(H,35,36,38)/b27-23-,33-26?/t16-/m1/s1. The van der Waals surface area contributed by atoms with E-state index in [1.165, 1.54) is 11.0 Å². The second-order valence-corrected chi connectivity index (χ2v) is 13.6. The van der Waals surface area contributed by atoms with Gasteiger partial charge in [-0.15, -0.1) is 5.10 Å². The van der Waals surface area contributed by atoms with Crippen LogP contribution in [-0.4, -0.2) is 66.2 Å². The molecule has 4 N–H and O–H groups in total. The Labute approximate surface area is 259 Å². The van der Waals surface area contributed by atoms with Crippen molar-refractivity contribution in [1.82, 2.24) is 30.3 Å². The highest BCUT2D eigenvalue weighted by atomic mass is 35.5. The number of nitrogens with zero attached hydrogens (tertiary/aromatic N) is 3. The van der Waals surface area contributed by atoms with E-state index in [0.29, 0.717) is 65.2 Å². The van der Waals surface area contributed by atoms with Crippen LogP contribution in [0.5, 0.6) is 0 Å². The van der Waals surface area contributed by atoms with E-state index in [2.05, 4.69) is 25.4 Å². The quantitative estimate of drug-likeness (QED) is 0.270. The minimum atomic E-state index is -3.45. The molecule has 0 unspecified atom stereocenters. The largest absolute Gasteiger partial charge is 0.387 e. The maximum Gasteiger partial charge on any atom is 0.256 e. The van der Waals surface area contributed by atoms with Gasteiger partial charge in [0.05, 0.1) is 39.8 Å². The fraction of sp³-hybridized carbons (Fsp3) is 0.379. The van der Waals surface area contributed by atoms with Gasteiger partial charge in [0, 0.05) is 36.1 Å². The number of aromatic amines is 1. The summed E-state index contributed by atoms with van der Waals surface area (Å²) in [5, 5.41) is 23.1. The molecule has 10 nitrogen and oxygen atoms in total. The van der Waals surface area contributed by atoms with Gasteiger partial charge >= 0.3 is 0 Å². The monoisotopic (exact) mass is 647 g/mol. The minimum Gasteiger partial charge on any atom is -0.387 e. The summed E-state index contributed by atoms with van der Waals surface area (Å²) < 4.78 is 41.4. The number of nitrogens with one attached hydrogen (secondary N) is 4. The van der Waals surface area contributed by atoms with Crippen molar-refractivity contribution in [2.24, 2.45) is 0 Å². The van der Waals surface area contributed by atoms with Crippen LogP contribution in [0.2, 0.25) is 10.0 Å². The third-order valence-electron chi connectivity index (χ3n) is 7.96. The van der Waals surface area contributed by atoms with E-state index < -0.39 is 33.3 Å². The smallest absolute Gasteiger partial charge is 0.256 e. The van der Waals surface area contributed by atoms with Gasteiger partial charge in [-0.3, -0.25) is 9.89 Å². The van der Waals surface area contributed by atoms with Gasteiger partial charge in [-0.05, 0) is 86.1 Å². The Morgan fingerprint density at radius 2 is 1.95 bits per heavy atom. The Morgan fingerprint density at radius 3 is 2.58 bits per heavy atom. The van der Waals surface area contributed by atoms with Gasteiger partial charge in [-0.2, -0.15) is 0 Å². The van der Waals surface area contributed by atoms with Gasteiger partial charge in [-0.25, -0.2) is 17.5 Å². The van der Waals surface area contributed by atoms with Gasteiger partial charge in [0.1, 0.15) is 5.82 Å². The highest BCUT2D eigenvalue weighted by molar-refractivity contribution is 7.88. The zero-order valence-corrected chi connectivity index (χ0v) is 26.2. The highest BCUT2D eigenvalue weighted by Crippen LogP contribution is 2.47. The number of piperidine rings is 1. The second kappa shape index (κ2) is 12.0. The zero-order chi connectivity index (χ0) is 31.1. The first-order valence-electron chi connectivity index (χ1n) is 13.8. The number of hydrogen-bond acceptors (Lipinski definition) is 7. The summed E-state index contributed by atoms with van der Waals surface area (Å²) in [5.74, 6) is -1.03. The first-order valence-corrected chi connectivity index (χ1v) is 16.4. The number of halogens is 3. The summed E-state index contributed by atoms with van der Waals surface area (Å²) >= 11 is 13.1. The van der Waals surface area contributed by atoms with E-state index in [1.54, 1.807) is 32.3 Å². The Bertz CT molecular complexity index is 1720. The molecule has 2 aliphatic rings. The summed E-state index contributed by atoms with van der Waals surface area (Å²) in [5.41, 5.74) is 3.58. The Balaban J connectivity index is 1.41. The number of benzene rings is 2. The van der Waals surface area contributed by atoms with Crippen LogP contribution in [0.1, 0.15) is 58.9 Å². The first-order chi connectivity index (χ1) is 20.3. The number of sulfonamides is 1. The van der Waals surface area contributed by atoms with E-state index in [0.717, 1.165) is 17.9 Å². The Kier molecular flexibility index (Phi) is 8.68. The first kappa shape index (κ1) is 31.1. The summed E-state index contributed by atoms with van der Waals surface area (Å²) in [6.45, 7) is 2.03. The molecule has 0 radical (unpaired) electrons. The number of rotatable bonds is 9. The van der Waals surface area contributed by atoms with E-state index in [9.17, 15) is 17.6 Å². The SMILES string of the molecule is CN/C(=C1/CCN(C(=O)c2cc(F)cc(CCc3c[nH]nn3)c2Cl)[C@H](C)C1=N)c1cc(Cl)cc(C2(NS(C)(=O)=O)CC2)c1. The molecule has 1 aromatic heterocycles. The number of aryl methyl sites for hydroxylation is 2. The van der Waals surface area contributed by atoms with Crippen molar-refractivity contribution in [3.63, 3.8) is 0 Å². The van der Waals surface area contributed by atoms with Crippen LogP contribution in [0.4, 0.5) is 4.39 Å². The molecule has 2 aromatic carbocycles. The number of likely N-dealkylation sites (tertiary alicyclic amines) is 1. The molecule has 1 atom stereocenters. The van der Waals surface area contributed by atoms with Crippen LogP contribution < -0.4 is 10.0 Å². The van der Waals surface area contributed by atoms with Crippen LogP contribution >= 0.6 is 23.2 Å². The molecule has 1 saturated heterocycles. The molecule has 1 amide bonds. The lowest BCUT2D eigenvalue weighted by Gasteiger charge is -2.37.